The summed E-state index contributed by atoms with van der Waals surface area (Å²) in [5.74, 6) is -0.245. The van der Waals surface area contributed by atoms with E-state index in [0.717, 1.165) is 17.2 Å². The number of halogens is 1. The van der Waals surface area contributed by atoms with E-state index in [2.05, 4.69) is 0 Å². The first-order valence-corrected chi connectivity index (χ1v) is 9.82. The van der Waals surface area contributed by atoms with E-state index in [1.165, 1.54) is 12.1 Å². The van der Waals surface area contributed by atoms with Crippen molar-refractivity contribution in [2.45, 2.75) is 12.6 Å². The lowest BCUT2D eigenvalue weighted by molar-refractivity contribution is 0.0714. The van der Waals surface area contributed by atoms with E-state index in [1.807, 2.05) is 42.5 Å². The molecule has 0 bridgehead atoms. The molecule has 1 aromatic heterocycles. The average molecular weight is 415 g/mol. The number of hydrogen-bond acceptors (Lipinski definition) is 4. The minimum absolute atomic E-state index is 0.000794. The zero-order chi connectivity index (χ0) is 21.5. The van der Waals surface area contributed by atoms with Crippen LogP contribution in [0, 0.1) is 5.82 Å². The van der Waals surface area contributed by atoms with Crippen LogP contribution in [0.25, 0.3) is 11.0 Å². The lowest BCUT2D eigenvalue weighted by Gasteiger charge is -2.25. The molecule has 0 aliphatic carbocycles. The van der Waals surface area contributed by atoms with Gasteiger partial charge in [-0.1, -0.05) is 42.5 Å². The van der Waals surface area contributed by atoms with E-state index in [0.29, 0.717) is 12.3 Å². The molecule has 0 fully saturated rings. The summed E-state index contributed by atoms with van der Waals surface area (Å²) < 4.78 is 24.9. The Morgan fingerprint density at radius 3 is 2.45 bits per heavy atom. The van der Waals surface area contributed by atoms with Gasteiger partial charge in [-0.2, -0.15) is 0 Å². The van der Waals surface area contributed by atoms with Crippen LogP contribution < -0.4 is 10.2 Å². The molecule has 154 valence electrons. The standard InChI is InChI=1S/C25H18FNO4/c1-30-18-10-7-16(8-11-18)22-21-23(28)19-13-17(26)9-12-20(19)31-24(21)25(29)27(22)14-15-5-3-2-4-6-15/h2-13,22H,14H2,1H3. The van der Waals surface area contributed by atoms with Crippen LogP contribution in [-0.2, 0) is 6.54 Å². The maximum atomic E-state index is 13.8. The lowest BCUT2D eigenvalue weighted by Crippen LogP contribution is -2.29. The maximum Gasteiger partial charge on any atom is 0.291 e. The monoisotopic (exact) mass is 415 g/mol. The summed E-state index contributed by atoms with van der Waals surface area (Å²) in [6.45, 7) is 0.296. The fraction of sp³-hybridized carbons (Fsp3) is 0.120. The minimum atomic E-state index is -0.655. The molecule has 0 spiro atoms. The lowest BCUT2D eigenvalue weighted by atomic mass is 9.98. The van der Waals surface area contributed by atoms with Gasteiger partial charge in [0.15, 0.2) is 5.43 Å². The van der Waals surface area contributed by atoms with Gasteiger partial charge in [0.25, 0.3) is 5.91 Å². The molecule has 1 amide bonds. The predicted octanol–water partition coefficient (Wildman–Crippen LogP) is 4.69. The molecule has 0 radical (unpaired) electrons. The van der Waals surface area contributed by atoms with Gasteiger partial charge in [-0.05, 0) is 41.5 Å². The fourth-order valence-corrected chi connectivity index (χ4v) is 4.07. The van der Waals surface area contributed by atoms with Gasteiger partial charge in [0, 0.05) is 6.54 Å². The second kappa shape index (κ2) is 7.40. The molecule has 5 nitrogen and oxygen atoms in total. The van der Waals surface area contributed by atoms with E-state index in [1.54, 1.807) is 24.1 Å². The second-order valence-electron chi connectivity index (χ2n) is 7.41. The quantitative estimate of drug-likeness (QED) is 0.485. The molecule has 2 heterocycles. The van der Waals surface area contributed by atoms with Crippen molar-refractivity contribution in [2.75, 3.05) is 7.11 Å². The molecule has 5 rings (SSSR count). The molecule has 0 N–H and O–H groups in total. The Morgan fingerprint density at radius 1 is 1.00 bits per heavy atom. The SMILES string of the molecule is COc1ccc(C2c3c(oc4ccc(F)cc4c3=O)C(=O)N2Cc2ccccc2)cc1. The average Bonchev–Trinajstić information content (AvgIpc) is 3.07. The van der Waals surface area contributed by atoms with Crippen molar-refractivity contribution in [1.82, 2.24) is 4.90 Å². The van der Waals surface area contributed by atoms with Gasteiger partial charge in [-0.25, -0.2) is 4.39 Å². The summed E-state index contributed by atoms with van der Waals surface area (Å²) in [5, 5.41) is 0.117. The van der Waals surface area contributed by atoms with Crippen LogP contribution in [0.1, 0.15) is 33.3 Å². The Balaban J connectivity index is 1.72. The van der Waals surface area contributed by atoms with Crippen LogP contribution in [0.2, 0.25) is 0 Å². The molecule has 1 aliphatic heterocycles. The Labute approximate surface area is 177 Å². The van der Waals surface area contributed by atoms with E-state index in [-0.39, 0.29) is 28.2 Å². The first kappa shape index (κ1) is 19.1. The number of nitrogens with zero attached hydrogens (tertiary/aromatic N) is 1. The highest BCUT2D eigenvalue weighted by Crippen LogP contribution is 2.39. The summed E-state index contributed by atoms with van der Waals surface area (Å²) in [4.78, 5) is 28.4. The number of hydrogen-bond donors (Lipinski definition) is 0. The Bertz CT molecular complexity index is 1350. The van der Waals surface area contributed by atoms with Gasteiger partial charge >= 0.3 is 0 Å². The topological polar surface area (TPSA) is 59.8 Å². The summed E-state index contributed by atoms with van der Waals surface area (Å²) >= 11 is 0. The molecule has 6 heteroatoms. The number of carbonyl (C=O) groups excluding carboxylic acids is 1. The molecular weight excluding hydrogens is 397 g/mol. The number of benzene rings is 3. The van der Waals surface area contributed by atoms with Gasteiger partial charge in [0.2, 0.25) is 5.76 Å². The molecule has 0 saturated carbocycles. The molecule has 4 aromatic rings. The third kappa shape index (κ3) is 3.17. The Kier molecular flexibility index (Phi) is 4.55. The maximum absolute atomic E-state index is 13.8. The number of rotatable bonds is 4. The number of ether oxygens (including phenoxy) is 1. The molecule has 0 saturated heterocycles. The van der Waals surface area contributed by atoms with Crippen LogP contribution in [0.5, 0.6) is 5.75 Å². The van der Waals surface area contributed by atoms with E-state index in [9.17, 15) is 14.0 Å². The van der Waals surface area contributed by atoms with Gasteiger partial charge < -0.3 is 14.1 Å². The number of amides is 1. The highest BCUT2D eigenvalue weighted by molar-refractivity contribution is 5.99. The summed E-state index contributed by atoms with van der Waals surface area (Å²) in [7, 11) is 1.57. The first-order valence-electron chi connectivity index (χ1n) is 9.82. The van der Waals surface area contributed by atoms with Crippen molar-refractivity contribution < 1.29 is 18.3 Å². The third-order valence-electron chi connectivity index (χ3n) is 5.56. The predicted molar refractivity (Wildman–Crippen MR) is 114 cm³/mol. The number of fused-ring (bicyclic) bond motifs is 2. The number of methoxy groups -OCH3 is 1. The fourth-order valence-electron chi connectivity index (χ4n) is 4.07. The largest absolute Gasteiger partial charge is 0.497 e. The zero-order valence-electron chi connectivity index (χ0n) is 16.7. The van der Waals surface area contributed by atoms with Crippen LogP contribution in [0.15, 0.2) is 82.0 Å². The minimum Gasteiger partial charge on any atom is -0.497 e. The first-order chi connectivity index (χ1) is 15.1. The van der Waals surface area contributed by atoms with Crippen molar-refractivity contribution in [3.63, 3.8) is 0 Å². The van der Waals surface area contributed by atoms with E-state index >= 15 is 0 Å². The van der Waals surface area contributed by atoms with Crippen molar-refractivity contribution >= 4 is 16.9 Å². The Morgan fingerprint density at radius 2 is 1.74 bits per heavy atom. The van der Waals surface area contributed by atoms with Crippen LogP contribution in [0.3, 0.4) is 0 Å². The van der Waals surface area contributed by atoms with Crippen molar-refractivity contribution in [1.29, 1.82) is 0 Å². The molecule has 3 aromatic carbocycles. The normalized spacial score (nSPS) is 15.4. The molecular formula is C25H18FNO4. The molecule has 1 atom stereocenters. The molecule has 1 unspecified atom stereocenters. The molecule has 31 heavy (non-hydrogen) atoms. The highest BCUT2D eigenvalue weighted by Gasteiger charge is 2.42. The van der Waals surface area contributed by atoms with E-state index in [4.69, 9.17) is 9.15 Å². The van der Waals surface area contributed by atoms with Gasteiger partial charge in [0.1, 0.15) is 17.1 Å². The van der Waals surface area contributed by atoms with Gasteiger partial charge in [-0.3, -0.25) is 9.59 Å². The van der Waals surface area contributed by atoms with Crippen LogP contribution in [0.4, 0.5) is 4.39 Å². The number of carbonyl (C=O) groups is 1. The third-order valence-corrected chi connectivity index (χ3v) is 5.56. The smallest absolute Gasteiger partial charge is 0.291 e. The van der Waals surface area contributed by atoms with Gasteiger partial charge in [0.05, 0.1) is 24.1 Å². The van der Waals surface area contributed by atoms with Crippen LogP contribution >= 0.6 is 0 Å². The summed E-state index contributed by atoms with van der Waals surface area (Å²) in [5.41, 5.74) is 1.68. The summed E-state index contributed by atoms with van der Waals surface area (Å²) in [6, 6.07) is 19.8. The second-order valence-corrected chi connectivity index (χ2v) is 7.41. The highest BCUT2D eigenvalue weighted by atomic mass is 19.1. The zero-order valence-corrected chi connectivity index (χ0v) is 16.7. The summed E-state index contributed by atoms with van der Waals surface area (Å²) in [6.07, 6.45) is 0. The molecule has 1 aliphatic rings. The van der Waals surface area contributed by atoms with Crippen molar-refractivity contribution in [3.8, 4) is 5.75 Å². The van der Waals surface area contributed by atoms with E-state index < -0.39 is 17.3 Å². The van der Waals surface area contributed by atoms with Crippen LogP contribution in [-0.4, -0.2) is 17.9 Å². The van der Waals surface area contributed by atoms with Gasteiger partial charge in [-0.15, -0.1) is 0 Å². The van der Waals surface area contributed by atoms with Crippen molar-refractivity contribution in [3.05, 3.63) is 111 Å². The van der Waals surface area contributed by atoms with Crippen molar-refractivity contribution in [2.24, 2.45) is 0 Å². The Hall–Kier alpha value is -3.93.